The number of nitrogens with one attached hydrogen (secondary N) is 1. The number of anilines is 1. The van der Waals surface area contributed by atoms with Gasteiger partial charge >= 0.3 is 118 Å². The summed E-state index contributed by atoms with van der Waals surface area (Å²) in [5.74, 6) is -3.49. The minimum Gasteiger partial charge on any atom is -0.744 e. The average Bonchev–Trinajstić information content (AvgIpc) is 3.65. The smallest absolute Gasteiger partial charge is 0.744 e. The molecule has 366 valence electrons. The van der Waals surface area contributed by atoms with Gasteiger partial charge in [0.25, 0.3) is 0 Å². The third-order valence-corrected chi connectivity index (χ3v) is 14.0. The number of hydrogen-bond acceptors (Lipinski definition) is 17. The van der Waals surface area contributed by atoms with Crippen LogP contribution in [0.1, 0.15) is 70.9 Å². The predicted octanol–water partition coefficient (Wildman–Crippen LogP) is -7.81. The van der Waals surface area contributed by atoms with Gasteiger partial charge in [-0.15, -0.1) is 0 Å². The maximum atomic E-state index is 12.8. The molecule has 17 nitrogen and oxygen atoms in total. The van der Waals surface area contributed by atoms with Gasteiger partial charge in [0.15, 0.2) is 5.71 Å². The van der Waals surface area contributed by atoms with Crippen molar-refractivity contribution in [1.82, 2.24) is 5.32 Å². The van der Waals surface area contributed by atoms with Gasteiger partial charge in [-0.25, -0.2) is 8.42 Å². The molecular weight excluding hydrogens is 1040 g/mol. The molecule has 1 amide bonds. The van der Waals surface area contributed by atoms with Gasteiger partial charge in [0.2, 0.25) is 11.6 Å². The molecule has 0 aliphatic carbocycles. The molecular formula is C49H49N3Na4O14S3. The maximum Gasteiger partial charge on any atom is 1.00 e. The number of aliphatic carboxylic acids is 2. The summed E-state index contributed by atoms with van der Waals surface area (Å²) in [4.78, 5) is 37.1. The third kappa shape index (κ3) is 17.2. The van der Waals surface area contributed by atoms with Crippen molar-refractivity contribution in [3.8, 4) is 11.1 Å². The second-order valence-corrected chi connectivity index (χ2v) is 20.1. The van der Waals surface area contributed by atoms with E-state index in [0.717, 1.165) is 51.9 Å². The van der Waals surface area contributed by atoms with Crippen molar-refractivity contribution in [3.63, 3.8) is 0 Å². The zero-order chi connectivity index (χ0) is 49.9. The van der Waals surface area contributed by atoms with Crippen LogP contribution in [-0.4, -0.2) is 66.0 Å². The molecule has 6 rings (SSSR count). The maximum absolute atomic E-state index is 12.8. The van der Waals surface area contributed by atoms with Crippen LogP contribution in [0.5, 0.6) is 0 Å². The Kier molecular flexibility index (Phi) is 28.7. The van der Waals surface area contributed by atoms with E-state index >= 15 is 0 Å². The van der Waals surface area contributed by atoms with E-state index in [1.165, 1.54) is 0 Å². The van der Waals surface area contributed by atoms with Crippen LogP contribution in [0.15, 0.2) is 131 Å². The summed E-state index contributed by atoms with van der Waals surface area (Å²) < 4.78 is 49.3. The van der Waals surface area contributed by atoms with Gasteiger partial charge in [-0.3, -0.25) is 14.9 Å². The molecule has 0 aromatic heterocycles. The Balaban J connectivity index is 0.00000456. The number of hydrogen-bond donors (Lipinski definition) is 1. The molecule has 4 aromatic carbocycles. The predicted molar refractivity (Wildman–Crippen MR) is 250 cm³/mol. The molecule has 0 spiro atoms. The number of amides is 1. The molecule has 0 saturated heterocycles. The number of unbranched alkanes of at least 4 members (excludes halogenated alkanes) is 1. The van der Waals surface area contributed by atoms with Crippen LogP contribution in [0.25, 0.3) is 21.9 Å². The van der Waals surface area contributed by atoms with Crippen LogP contribution in [0.4, 0.5) is 11.4 Å². The van der Waals surface area contributed by atoms with E-state index in [1.807, 2.05) is 92.8 Å². The molecule has 2 heterocycles. The molecule has 0 bridgehead atoms. The monoisotopic (exact) mass is 1090 g/mol. The van der Waals surface area contributed by atoms with E-state index in [-0.39, 0.29) is 135 Å². The number of allylic oxidation sites excluding steroid dienone is 8. The molecule has 73 heavy (non-hydrogen) atoms. The summed E-state index contributed by atoms with van der Waals surface area (Å²) in [5.41, 5.74) is 5.84. The van der Waals surface area contributed by atoms with Crippen LogP contribution in [0, 0.1) is 0 Å². The SMILES string of the molecule is CC1(C)C(/C=C/C=C/C=C/C=C2/N(CCCC(=O)NC(CC(=O)[O-])C(=O)[O-])c3cc(-c4ccccc4)ccc3C2(C)C)=[N+](CCCCSOO[O-])c2ccc3cc(SOO[O-])cc(S(=O)(=O)[O-])c3c21.[Na+].[Na+].[Na+].[Na+]. The van der Waals surface area contributed by atoms with Crippen molar-refractivity contribution in [2.75, 3.05) is 23.7 Å². The standard InChI is InChI=1S/C49H53N3O14S3.4Na/c1-48(2)36-23-21-33(32-16-9-8-10-17-32)29-39(36)52(26-15-20-43(53)50-37(47(56)57)31-44(54)55)41(48)18-11-6-5-7-12-19-42-49(3,4)46-38(51(42)25-13-14-27-67-65-63-58)24-22-34-28-35(68-66-64-59)30-40(45(34)46)69(60,61)62;;;;/h5-12,16-19,21-24,28-30,37H,13-15,20,25-27,31H2,1-4H3,(H5-,50,53,54,55,56,57,58,59,60,61,62);;;;/q;4*+1/p-4. The number of benzene rings is 4. The van der Waals surface area contributed by atoms with Gasteiger partial charge in [-0.1, -0.05) is 86.7 Å². The first-order valence-corrected chi connectivity index (χ1v) is 24.8. The van der Waals surface area contributed by atoms with E-state index in [2.05, 4.69) is 65.6 Å². The van der Waals surface area contributed by atoms with Crippen molar-refractivity contribution in [3.05, 3.63) is 132 Å². The number of fused-ring (bicyclic) bond motifs is 4. The van der Waals surface area contributed by atoms with Gasteiger partial charge < -0.3 is 45.1 Å². The van der Waals surface area contributed by atoms with Crippen molar-refractivity contribution in [1.29, 1.82) is 0 Å². The molecule has 0 radical (unpaired) electrons. The molecule has 1 N–H and O–H groups in total. The second-order valence-electron chi connectivity index (χ2n) is 17.2. The first-order chi connectivity index (χ1) is 32.9. The zero-order valence-electron chi connectivity index (χ0n) is 42.0. The first kappa shape index (κ1) is 67.5. The van der Waals surface area contributed by atoms with Crippen LogP contribution in [0.2, 0.25) is 0 Å². The van der Waals surface area contributed by atoms with E-state index < -0.39 is 56.2 Å². The number of carboxylic acid groups (broad SMARTS) is 2. The van der Waals surface area contributed by atoms with Gasteiger partial charge in [0, 0.05) is 94.4 Å². The molecule has 1 atom stereocenters. The molecule has 4 aromatic rings. The van der Waals surface area contributed by atoms with Gasteiger partial charge in [0.05, 0.1) is 34.4 Å². The van der Waals surface area contributed by atoms with Crippen molar-refractivity contribution >= 4 is 79.9 Å². The number of rotatable bonds is 24. The number of carbonyl (C=O) groups is 3. The molecule has 0 fully saturated rings. The first-order valence-electron chi connectivity index (χ1n) is 21.7. The minimum absolute atomic E-state index is 0. The Labute approximate surface area is 522 Å². The van der Waals surface area contributed by atoms with E-state index in [9.17, 15) is 48.1 Å². The van der Waals surface area contributed by atoms with Gasteiger partial charge in [0.1, 0.15) is 16.7 Å². The van der Waals surface area contributed by atoms with E-state index in [1.54, 1.807) is 12.1 Å². The fourth-order valence-electron chi connectivity index (χ4n) is 8.91. The number of nitrogens with zero attached hydrogens (tertiary/aromatic N) is 2. The minimum atomic E-state index is -5.03. The quantitative estimate of drug-likeness (QED) is 0.01000. The molecule has 2 aliphatic heterocycles. The third-order valence-electron chi connectivity index (χ3n) is 12.0. The Morgan fingerprint density at radius 3 is 2.15 bits per heavy atom. The number of carbonyl (C=O) groups excluding carboxylic acids is 3. The van der Waals surface area contributed by atoms with Gasteiger partial charge in [-0.05, 0) is 79.1 Å². The Hall–Kier alpha value is -1.65. The normalized spacial score (nSPS) is 15.4. The van der Waals surface area contributed by atoms with Crippen molar-refractivity contribution < 1.29 is 190 Å². The molecule has 0 saturated carbocycles. The summed E-state index contributed by atoms with van der Waals surface area (Å²) in [6, 6.07) is 20.8. The van der Waals surface area contributed by atoms with E-state index in [0.29, 0.717) is 66.8 Å². The summed E-state index contributed by atoms with van der Waals surface area (Å²) >= 11 is 1.36. The second kappa shape index (κ2) is 31.1. The topological polar surface area (TPSA) is 256 Å². The van der Waals surface area contributed by atoms with Crippen LogP contribution in [0.3, 0.4) is 0 Å². The number of carboxylic acids is 2. The zero-order valence-corrected chi connectivity index (χ0v) is 52.5. The largest absolute Gasteiger partial charge is 1.00 e. The Morgan fingerprint density at radius 1 is 0.808 bits per heavy atom. The van der Waals surface area contributed by atoms with E-state index in [4.69, 9.17) is 0 Å². The van der Waals surface area contributed by atoms with Crippen molar-refractivity contribution in [2.45, 2.75) is 86.5 Å². The average molecular weight is 1090 g/mol. The summed E-state index contributed by atoms with van der Waals surface area (Å²) in [7, 11) is -5.03. The fraction of sp³-hybridized carbons (Fsp3) is 0.306. The Morgan fingerprint density at radius 2 is 1.49 bits per heavy atom. The fourth-order valence-corrected chi connectivity index (χ4v) is 10.6. The molecule has 2 aliphatic rings. The van der Waals surface area contributed by atoms with Gasteiger partial charge in [-0.2, -0.15) is 13.2 Å². The van der Waals surface area contributed by atoms with Crippen LogP contribution in [-0.2, 0) is 54.1 Å². The summed E-state index contributed by atoms with van der Waals surface area (Å²) in [6.07, 6.45) is 13.9. The summed E-state index contributed by atoms with van der Waals surface area (Å²) in [5, 5.41) is 53.1. The molecule has 1 unspecified atom stereocenters. The van der Waals surface area contributed by atoms with Crippen molar-refractivity contribution in [2.24, 2.45) is 0 Å². The van der Waals surface area contributed by atoms with Crippen LogP contribution < -0.4 is 149 Å². The van der Waals surface area contributed by atoms with Crippen LogP contribution >= 0.6 is 24.1 Å². The molecule has 24 heteroatoms. The Bertz CT molecular complexity index is 2850. The summed E-state index contributed by atoms with van der Waals surface area (Å²) in [6.45, 7) is 8.98.